The zero-order chi connectivity index (χ0) is 28.5. The minimum Gasteiger partial charge on any atom is -0.469 e. The molecule has 7 rings (SSSR count). The standard InChI is InChI=1S/C29H39NO10/c1-26(2,33)7-5-9-28(34,13-22(31)35-3)25(32)39-24-23-18-12-20-19(37-16-38-20)11-17(18)21-14-30-10-6-8-27(23,30)15-29(24,36-4)40-21/h11-12,21,23-24,33-34H,5-10,13-16H2,1-4H3/t21-,23+,24+,27+,28-,29+/m1/s1. The highest BCUT2D eigenvalue weighted by atomic mass is 16.7. The zero-order valence-corrected chi connectivity index (χ0v) is 23.6. The van der Waals surface area contributed by atoms with Crippen LogP contribution in [-0.4, -0.2) is 89.8 Å². The molecule has 0 amide bonds. The average Bonchev–Trinajstić information content (AvgIpc) is 3.52. The van der Waals surface area contributed by atoms with Gasteiger partial charge < -0.3 is 38.6 Å². The average molecular weight is 562 g/mol. The Kier molecular flexibility index (Phi) is 6.62. The van der Waals surface area contributed by atoms with E-state index in [1.54, 1.807) is 21.0 Å². The van der Waals surface area contributed by atoms with Crippen molar-refractivity contribution in [3.05, 3.63) is 23.3 Å². The Bertz CT molecular complexity index is 1200. The third kappa shape index (κ3) is 4.28. The molecule has 11 nitrogen and oxygen atoms in total. The maximum absolute atomic E-state index is 13.9. The number of carbonyl (C=O) groups is 2. The van der Waals surface area contributed by atoms with Crippen molar-refractivity contribution < 1.29 is 48.2 Å². The van der Waals surface area contributed by atoms with E-state index < -0.39 is 41.5 Å². The van der Waals surface area contributed by atoms with Crippen LogP contribution in [-0.2, 0) is 28.5 Å². The van der Waals surface area contributed by atoms with Crippen LogP contribution in [0.3, 0.4) is 0 Å². The minimum atomic E-state index is -2.15. The lowest BCUT2D eigenvalue weighted by molar-refractivity contribution is -0.284. The number of carbonyl (C=O) groups excluding carboxylic acids is 2. The maximum atomic E-state index is 13.9. The molecule has 2 saturated heterocycles. The Labute approximate surface area is 233 Å². The van der Waals surface area contributed by atoms with Crippen molar-refractivity contribution in [3.8, 4) is 11.5 Å². The summed E-state index contributed by atoms with van der Waals surface area (Å²) in [5, 5.41) is 21.8. The first kappa shape index (κ1) is 27.7. The Morgan fingerprint density at radius 2 is 1.85 bits per heavy atom. The van der Waals surface area contributed by atoms with Crippen LogP contribution >= 0.6 is 0 Å². The summed E-state index contributed by atoms with van der Waals surface area (Å²) in [6, 6.07) is 3.94. The van der Waals surface area contributed by atoms with Gasteiger partial charge in [-0.2, -0.15) is 0 Å². The fourth-order valence-electron chi connectivity index (χ4n) is 7.68. The quantitative estimate of drug-likeness (QED) is 0.430. The molecule has 5 heterocycles. The van der Waals surface area contributed by atoms with E-state index in [0.717, 1.165) is 30.5 Å². The molecule has 1 spiro atoms. The van der Waals surface area contributed by atoms with Gasteiger partial charge in [-0.25, -0.2) is 4.79 Å². The topological polar surface area (TPSA) is 133 Å². The number of hydrogen-bond acceptors (Lipinski definition) is 11. The van der Waals surface area contributed by atoms with Gasteiger partial charge in [0, 0.05) is 31.5 Å². The SMILES string of the molecule is COC(=O)C[C@](O)(CCCC(C)(C)O)C(=O)O[C@H]1[C@@H]2c3cc4c(cc3[C@H]3CN5CCC[C@]25C[C@]1(OC)O3)OCO4. The predicted molar refractivity (Wildman–Crippen MR) is 139 cm³/mol. The molecule has 220 valence electrons. The number of nitrogens with zero attached hydrogens (tertiary/aromatic N) is 1. The summed E-state index contributed by atoms with van der Waals surface area (Å²) < 4.78 is 35.4. The molecule has 0 aromatic heterocycles. The summed E-state index contributed by atoms with van der Waals surface area (Å²) >= 11 is 0. The molecule has 6 aliphatic rings. The molecule has 1 aromatic carbocycles. The number of rotatable bonds is 9. The highest BCUT2D eigenvalue weighted by Gasteiger charge is 2.72. The van der Waals surface area contributed by atoms with Crippen LogP contribution in [0.1, 0.15) is 81.9 Å². The van der Waals surface area contributed by atoms with E-state index in [0.29, 0.717) is 30.9 Å². The summed E-state index contributed by atoms with van der Waals surface area (Å²) in [5.74, 6) is -1.96. The van der Waals surface area contributed by atoms with Crippen molar-refractivity contribution in [3.63, 3.8) is 0 Å². The molecule has 2 N–H and O–H groups in total. The van der Waals surface area contributed by atoms with Gasteiger partial charge in [0.1, 0.15) is 0 Å². The number of ether oxygens (including phenoxy) is 6. The summed E-state index contributed by atoms with van der Waals surface area (Å²) in [7, 11) is 2.76. The van der Waals surface area contributed by atoms with Crippen LogP contribution in [0.5, 0.6) is 11.5 Å². The number of esters is 2. The van der Waals surface area contributed by atoms with Crippen molar-refractivity contribution in [2.75, 3.05) is 34.1 Å². The Morgan fingerprint density at radius 3 is 2.52 bits per heavy atom. The van der Waals surface area contributed by atoms with E-state index in [9.17, 15) is 19.8 Å². The second kappa shape index (κ2) is 9.55. The Balaban J connectivity index is 1.39. The highest BCUT2D eigenvalue weighted by molar-refractivity contribution is 5.86. The normalized spacial score (nSPS) is 33.2. The third-order valence-corrected chi connectivity index (χ3v) is 9.53. The van der Waals surface area contributed by atoms with Gasteiger partial charge in [-0.1, -0.05) is 0 Å². The lowest BCUT2D eigenvalue weighted by Crippen LogP contribution is -2.52. The second-order valence-corrected chi connectivity index (χ2v) is 12.5. The van der Waals surface area contributed by atoms with Gasteiger partial charge in [-0.3, -0.25) is 9.69 Å². The molecular weight excluding hydrogens is 522 g/mol. The molecule has 0 radical (unpaired) electrons. The van der Waals surface area contributed by atoms with Crippen LogP contribution in [0.15, 0.2) is 12.1 Å². The lowest BCUT2D eigenvalue weighted by atomic mass is 9.78. The van der Waals surface area contributed by atoms with Crippen LogP contribution in [0, 0.1) is 0 Å². The number of fused-ring (bicyclic) bond motifs is 1. The van der Waals surface area contributed by atoms with Crippen molar-refractivity contribution in [1.29, 1.82) is 0 Å². The molecule has 0 unspecified atom stereocenters. The summed E-state index contributed by atoms with van der Waals surface area (Å²) in [4.78, 5) is 28.7. The molecule has 5 aliphatic heterocycles. The molecule has 3 fully saturated rings. The molecular formula is C29H39NO10. The second-order valence-electron chi connectivity index (χ2n) is 12.5. The van der Waals surface area contributed by atoms with Gasteiger partial charge in [-0.15, -0.1) is 0 Å². The molecule has 1 aromatic rings. The van der Waals surface area contributed by atoms with Crippen molar-refractivity contribution >= 4 is 11.9 Å². The highest BCUT2D eigenvalue weighted by Crippen LogP contribution is 2.65. The van der Waals surface area contributed by atoms with Gasteiger partial charge in [0.05, 0.1) is 25.2 Å². The summed E-state index contributed by atoms with van der Waals surface area (Å²) in [6.45, 7) is 5.01. The fourth-order valence-corrected chi connectivity index (χ4v) is 7.68. The van der Waals surface area contributed by atoms with Gasteiger partial charge in [-0.05, 0) is 75.8 Å². The predicted octanol–water partition coefficient (Wildman–Crippen LogP) is 2.31. The van der Waals surface area contributed by atoms with E-state index in [2.05, 4.69) is 4.90 Å². The van der Waals surface area contributed by atoms with Gasteiger partial charge in [0.25, 0.3) is 0 Å². The lowest BCUT2D eigenvalue weighted by Gasteiger charge is -2.40. The number of benzene rings is 1. The van der Waals surface area contributed by atoms with E-state index >= 15 is 0 Å². The molecule has 40 heavy (non-hydrogen) atoms. The van der Waals surface area contributed by atoms with Crippen molar-refractivity contribution in [2.45, 2.75) is 99.4 Å². The van der Waals surface area contributed by atoms with E-state index in [1.807, 2.05) is 12.1 Å². The van der Waals surface area contributed by atoms with E-state index in [1.165, 1.54) is 7.11 Å². The smallest absolute Gasteiger partial charge is 0.339 e. The maximum Gasteiger partial charge on any atom is 0.339 e. The van der Waals surface area contributed by atoms with Crippen LogP contribution in [0.4, 0.5) is 0 Å². The van der Waals surface area contributed by atoms with Gasteiger partial charge in [0.2, 0.25) is 12.6 Å². The van der Waals surface area contributed by atoms with Crippen molar-refractivity contribution in [1.82, 2.24) is 4.90 Å². The fraction of sp³-hybridized carbons (Fsp3) is 0.724. The largest absolute Gasteiger partial charge is 0.469 e. The molecule has 6 atom stereocenters. The van der Waals surface area contributed by atoms with E-state index in [-0.39, 0.29) is 37.2 Å². The first-order chi connectivity index (χ1) is 18.9. The molecule has 4 bridgehead atoms. The van der Waals surface area contributed by atoms with Crippen LogP contribution < -0.4 is 9.47 Å². The Morgan fingerprint density at radius 1 is 1.12 bits per heavy atom. The molecule has 11 heteroatoms. The molecule has 1 saturated carbocycles. The third-order valence-electron chi connectivity index (χ3n) is 9.53. The first-order valence-corrected chi connectivity index (χ1v) is 14.1. The number of hydrogen-bond donors (Lipinski definition) is 2. The minimum absolute atomic E-state index is 0.0850. The van der Waals surface area contributed by atoms with Crippen molar-refractivity contribution in [2.24, 2.45) is 0 Å². The van der Waals surface area contributed by atoms with E-state index in [4.69, 9.17) is 28.4 Å². The Hall–Kier alpha value is -2.44. The monoisotopic (exact) mass is 561 g/mol. The first-order valence-electron chi connectivity index (χ1n) is 14.1. The number of aliphatic hydroxyl groups is 2. The molecule has 1 aliphatic carbocycles. The zero-order valence-electron chi connectivity index (χ0n) is 23.6. The summed E-state index contributed by atoms with van der Waals surface area (Å²) in [5.41, 5.74) is -1.60. The summed E-state index contributed by atoms with van der Waals surface area (Å²) in [6.07, 6.45) is 1.08. The number of methoxy groups -OCH3 is 2. The van der Waals surface area contributed by atoms with Gasteiger partial charge >= 0.3 is 11.9 Å². The van der Waals surface area contributed by atoms with Gasteiger partial charge in [0.15, 0.2) is 23.2 Å². The van der Waals surface area contributed by atoms with Crippen LogP contribution in [0.2, 0.25) is 0 Å². The van der Waals surface area contributed by atoms with Crippen LogP contribution in [0.25, 0.3) is 0 Å².